The summed E-state index contributed by atoms with van der Waals surface area (Å²) in [6, 6.07) is 5.25. The highest BCUT2D eigenvalue weighted by molar-refractivity contribution is 9.10. The maximum absolute atomic E-state index is 12.0. The van der Waals surface area contributed by atoms with Crippen LogP contribution in [0.15, 0.2) is 22.7 Å². The second kappa shape index (κ2) is 7.29. The second-order valence-electron chi connectivity index (χ2n) is 5.09. The molecule has 23 heavy (non-hydrogen) atoms. The molecule has 8 heteroatoms. The van der Waals surface area contributed by atoms with Crippen molar-refractivity contribution in [2.24, 2.45) is 0 Å². The molecule has 124 valence electrons. The number of ether oxygens (including phenoxy) is 4. The lowest BCUT2D eigenvalue weighted by atomic mass is 10.2. The third kappa shape index (κ3) is 4.01. The van der Waals surface area contributed by atoms with Crippen LogP contribution in [-0.4, -0.2) is 51.1 Å². The molecule has 2 heterocycles. The number of hydrogen-bond acceptors (Lipinski definition) is 6. The van der Waals surface area contributed by atoms with Gasteiger partial charge in [-0.3, -0.25) is 14.5 Å². The van der Waals surface area contributed by atoms with Crippen molar-refractivity contribution in [1.82, 2.24) is 0 Å². The van der Waals surface area contributed by atoms with Crippen LogP contribution < -0.4 is 9.64 Å². The lowest BCUT2D eigenvalue weighted by Crippen LogP contribution is -2.43. The zero-order chi connectivity index (χ0) is 16.2. The van der Waals surface area contributed by atoms with Crippen LogP contribution in [0, 0.1) is 0 Å². The Kier molecular flexibility index (Phi) is 5.14. The van der Waals surface area contributed by atoms with Gasteiger partial charge in [-0.1, -0.05) is 15.9 Å². The van der Waals surface area contributed by atoms with Crippen LogP contribution in [0.5, 0.6) is 5.75 Å². The maximum Gasteiger partial charge on any atom is 0.326 e. The van der Waals surface area contributed by atoms with Crippen molar-refractivity contribution in [3.8, 4) is 5.75 Å². The minimum absolute atomic E-state index is 0.0184. The number of esters is 1. The average Bonchev–Trinajstić information content (AvgIpc) is 2.56. The minimum atomic E-state index is -0.531. The Morgan fingerprint density at radius 2 is 2.13 bits per heavy atom. The van der Waals surface area contributed by atoms with Crippen LogP contribution in [0.1, 0.15) is 6.42 Å². The highest BCUT2D eigenvalue weighted by Crippen LogP contribution is 2.34. The molecule has 1 amide bonds. The van der Waals surface area contributed by atoms with E-state index in [1.807, 2.05) is 0 Å². The molecule has 0 spiro atoms. The molecule has 1 fully saturated rings. The number of amides is 1. The zero-order valence-corrected chi connectivity index (χ0v) is 13.9. The number of benzene rings is 1. The van der Waals surface area contributed by atoms with Gasteiger partial charge in [0.05, 0.1) is 18.9 Å². The van der Waals surface area contributed by atoms with Gasteiger partial charge in [-0.15, -0.1) is 0 Å². The number of fused-ring (bicyclic) bond motifs is 1. The summed E-state index contributed by atoms with van der Waals surface area (Å²) >= 11 is 3.34. The minimum Gasteiger partial charge on any atom is -0.482 e. The number of anilines is 1. The number of nitrogens with zero attached hydrogens (tertiary/aromatic N) is 1. The summed E-state index contributed by atoms with van der Waals surface area (Å²) in [6.07, 6.45) is 0.301. The van der Waals surface area contributed by atoms with Gasteiger partial charge in [-0.2, -0.15) is 0 Å². The topological polar surface area (TPSA) is 74.3 Å². The molecule has 1 saturated heterocycles. The van der Waals surface area contributed by atoms with E-state index in [0.29, 0.717) is 24.7 Å². The molecule has 0 saturated carbocycles. The van der Waals surface area contributed by atoms with Crippen LogP contribution >= 0.6 is 15.9 Å². The third-order valence-corrected chi connectivity index (χ3v) is 3.92. The smallest absolute Gasteiger partial charge is 0.326 e. The fraction of sp³-hybridized carbons (Fsp3) is 0.467. The fourth-order valence-corrected chi connectivity index (χ4v) is 2.66. The summed E-state index contributed by atoms with van der Waals surface area (Å²) in [6.45, 7) is 0.915. The Hall–Kier alpha value is -1.64. The van der Waals surface area contributed by atoms with E-state index >= 15 is 0 Å². The summed E-state index contributed by atoms with van der Waals surface area (Å²) in [5.41, 5.74) is 0.548. The number of carbonyl (C=O) groups is 2. The molecule has 0 aromatic heterocycles. The molecule has 1 aromatic carbocycles. The predicted octanol–water partition coefficient (Wildman–Crippen LogP) is 1.48. The third-order valence-electron chi connectivity index (χ3n) is 3.43. The van der Waals surface area contributed by atoms with Crippen molar-refractivity contribution in [3.63, 3.8) is 0 Å². The Bertz CT molecular complexity index is 602. The van der Waals surface area contributed by atoms with Crippen LogP contribution in [0.2, 0.25) is 0 Å². The van der Waals surface area contributed by atoms with E-state index in [1.54, 1.807) is 18.2 Å². The first-order chi connectivity index (χ1) is 11.1. The molecule has 0 N–H and O–H groups in total. The molecule has 3 rings (SSSR count). The van der Waals surface area contributed by atoms with Crippen LogP contribution in [-0.2, 0) is 23.8 Å². The van der Waals surface area contributed by atoms with Crippen LogP contribution in [0.25, 0.3) is 0 Å². The molecule has 0 bridgehead atoms. The lowest BCUT2D eigenvalue weighted by molar-refractivity contribution is -0.204. The number of rotatable bonds is 4. The van der Waals surface area contributed by atoms with Crippen LogP contribution in [0.3, 0.4) is 0 Å². The monoisotopic (exact) mass is 385 g/mol. The van der Waals surface area contributed by atoms with Gasteiger partial charge in [0.15, 0.2) is 12.9 Å². The Morgan fingerprint density at radius 1 is 1.35 bits per heavy atom. The number of carbonyl (C=O) groups excluding carboxylic acids is 2. The highest BCUT2D eigenvalue weighted by Gasteiger charge is 2.28. The SMILES string of the molecule is O=C(CN1C(=O)COc2cc(Br)ccc21)OCC1OCCCO1. The van der Waals surface area contributed by atoms with Gasteiger partial charge < -0.3 is 18.9 Å². The van der Waals surface area contributed by atoms with Gasteiger partial charge in [-0.05, 0) is 24.6 Å². The normalized spacial score (nSPS) is 18.3. The van der Waals surface area contributed by atoms with Crippen molar-refractivity contribution in [1.29, 1.82) is 0 Å². The van der Waals surface area contributed by atoms with Crippen molar-refractivity contribution >= 4 is 33.5 Å². The van der Waals surface area contributed by atoms with E-state index in [2.05, 4.69) is 15.9 Å². The van der Waals surface area contributed by atoms with Crippen molar-refractivity contribution in [2.75, 3.05) is 37.9 Å². The van der Waals surface area contributed by atoms with Gasteiger partial charge in [0.25, 0.3) is 5.91 Å². The highest BCUT2D eigenvalue weighted by atomic mass is 79.9. The van der Waals surface area contributed by atoms with Gasteiger partial charge in [0, 0.05) is 4.47 Å². The molecule has 2 aliphatic rings. The predicted molar refractivity (Wildman–Crippen MR) is 83.3 cm³/mol. The molecule has 7 nitrogen and oxygen atoms in total. The van der Waals surface area contributed by atoms with E-state index in [9.17, 15) is 9.59 Å². The van der Waals surface area contributed by atoms with E-state index in [4.69, 9.17) is 18.9 Å². The van der Waals surface area contributed by atoms with Crippen molar-refractivity contribution < 1.29 is 28.5 Å². The molecule has 0 atom stereocenters. The number of halogens is 1. The molecule has 0 radical (unpaired) electrons. The van der Waals surface area contributed by atoms with Crippen LogP contribution in [0.4, 0.5) is 5.69 Å². The summed E-state index contributed by atoms with van der Waals surface area (Å²) in [4.78, 5) is 25.4. The molecule has 1 aromatic rings. The Balaban J connectivity index is 1.60. The molecule has 2 aliphatic heterocycles. The first kappa shape index (κ1) is 16.2. The zero-order valence-electron chi connectivity index (χ0n) is 12.3. The van der Waals surface area contributed by atoms with Crippen molar-refractivity contribution in [3.05, 3.63) is 22.7 Å². The lowest BCUT2D eigenvalue weighted by Gasteiger charge is -2.29. The molecule has 0 aliphatic carbocycles. The molecular formula is C15H16BrNO6. The summed E-state index contributed by atoms with van der Waals surface area (Å²) < 4.78 is 21.9. The molecular weight excluding hydrogens is 370 g/mol. The second-order valence-corrected chi connectivity index (χ2v) is 6.00. The van der Waals surface area contributed by atoms with E-state index in [-0.39, 0.29) is 25.7 Å². The van der Waals surface area contributed by atoms with Gasteiger partial charge in [0.1, 0.15) is 18.9 Å². The van der Waals surface area contributed by atoms with E-state index in [0.717, 1.165) is 10.9 Å². The Morgan fingerprint density at radius 3 is 2.91 bits per heavy atom. The summed E-state index contributed by atoms with van der Waals surface area (Å²) in [5.74, 6) is -0.264. The fourth-order valence-electron chi connectivity index (χ4n) is 2.32. The van der Waals surface area contributed by atoms with E-state index in [1.165, 1.54) is 4.90 Å². The standard InChI is InChI=1S/C15H16BrNO6/c16-10-2-3-11-12(6-10)22-8-13(18)17(11)7-14(19)23-9-15-20-4-1-5-21-15/h2-3,6,15H,1,4-5,7-9H2. The summed E-state index contributed by atoms with van der Waals surface area (Å²) in [5, 5.41) is 0. The van der Waals surface area contributed by atoms with Gasteiger partial charge >= 0.3 is 5.97 Å². The van der Waals surface area contributed by atoms with E-state index < -0.39 is 12.3 Å². The first-order valence-corrected chi connectivity index (χ1v) is 8.04. The number of hydrogen-bond donors (Lipinski definition) is 0. The average molecular weight is 386 g/mol. The van der Waals surface area contributed by atoms with Gasteiger partial charge in [-0.25, -0.2) is 0 Å². The quantitative estimate of drug-likeness (QED) is 0.730. The van der Waals surface area contributed by atoms with Crippen molar-refractivity contribution in [2.45, 2.75) is 12.7 Å². The Labute approximate surface area is 141 Å². The van der Waals surface area contributed by atoms with Gasteiger partial charge in [0.2, 0.25) is 0 Å². The largest absolute Gasteiger partial charge is 0.482 e. The molecule has 0 unspecified atom stereocenters. The first-order valence-electron chi connectivity index (χ1n) is 7.25. The summed E-state index contributed by atoms with van der Waals surface area (Å²) in [7, 11) is 0. The maximum atomic E-state index is 12.0.